The molecule has 1 saturated heterocycles. The van der Waals surface area contributed by atoms with Crippen LogP contribution in [0.25, 0.3) is 0 Å². The molecule has 0 atom stereocenters. The molecule has 0 radical (unpaired) electrons. The Hall–Kier alpha value is -0.815. The summed E-state index contributed by atoms with van der Waals surface area (Å²) < 4.78 is 10.4. The van der Waals surface area contributed by atoms with Gasteiger partial charge in [0.15, 0.2) is 0 Å². The molecule has 0 aromatic carbocycles. The van der Waals surface area contributed by atoms with Crippen LogP contribution in [0.2, 0.25) is 5.02 Å². The Morgan fingerprint density at radius 3 is 2.81 bits per heavy atom. The van der Waals surface area contributed by atoms with E-state index in [0.717, 1.165) is 0 Å². The molecular weight excluding hydrogens is 232 g/mol. The minimum Gasteiger partial charge on any atom is -0.476 e. The van der Waals surface area contributed by atoms with Crippen LogP contribution in [-0.4, -0.2) is 42.0 Å². The molecule has 0 saturated carbocycles. The second kappa shape index (κ2) is 5.01. The van der Waals surface area contributed by atoms with E-state index in [4.69, 9.17) is 31.1 Å². The zero-order chi connectivity index (χ0) is 11.5. The van der Waals surface area contributed by atoms with Gasteiger partial charge in [0.1, 0.15) is 5.02 Å². The van der Waals surface area contributed by atoms with Gasteiger partial charge in [-0.1, -0.05) is 11.6 Å². The van der Waals surface area contributed by atoms with E-state index >= 15 is 0 Å². The summed E-state index contributed by atoms with van der Waals surface area (Å²) in [6, 6.07) is 1.42. The van der Waals surface area contributed by atoms with Gasteiger partial charge in [-0.3, -0.25) is 0 Å². The number of halogens is 1. The molecule has 0 aliphatic carbocycles. The minimum absolute atomic E-state index is 0.240. The molecule has 2 rings (SSSR count). The average molecular weight is 243 g/mol. The highest BCUT2D eigenvalue weighted by molar-refractivity contribution is 6.58. The van der Waals surface area contributed by atoms with Gasteiger partial charge in [0.05, 0.1) is 19.8 Å². The first-order valence-electron chi connectivity index (χ1n) is 4.89. The van der Waals surface area contributed by atoms with Crippen LogP contribution in [0.1, 0.15) is 0 Å². The van der Waals surface area contributed by atoms with Crippen molar-refractivity contribution in [1.29, 1.82) is 0 Å². The molecule has 1 fully saturated rings. The van der Waals surface area contributed by atoms with E-state index in [-0.39, 0.29) is 10.5 Å². The van der Waals surface area contributed by atoms with E-state index in [1.165, 1.54) is 12.3 Å². The van der Waals surface area contributed by atoms with Crippen molar-refractivity contribution in [2.24, 2.45) is 5.92 Å². The second-order valence-electron chi connectivity index (χ2n) is 3.64. The number of rotatable bonds is 4. The first-order chi connectivity index (χ1) is 7.66. The molecule has 0 unspecified atom stereocenters. The predicted octanol–water partition coefficient (Wildman–Crippen LogP) is -0.560. The summed E-state index contributed by atoms with van der Waals surface area (Å²) >= 11 is 5.88. The monoisotopic (exact) mass is 243 g/mol. The molecule has 0 spiro atoms. The fraction of sp³-hybridized carbons (Fsp3) is 0.444. The third-order valence-electron chi connectivity index (χ3n) is 2.29. The van der Waals surface area contributed by atoms with Gasteiger partial charge >= 0.3 is 7.12 Å². The molecule has 1 aromatic heterocycles. The van der Waals surface area contributed by atoms with Crippen molar-refractivity contribution in [3.05, 3.63) is 17.3 Å². The van der Waals surface area contributed by atoms with Crippen LogP contribution in [0, 0.1) is 5.92 Å². The van der Waals surface area contributed by atoms with E-state index in [9.17, 15) is 0 Å². The van der Waals surface area contributed by atoms with Crippen molar-refractivity contribution in [1.82, 2.24) is 4.98 Å². The highest BCUT2D eigenvalue weighted by Crippen LogP contribution is 2.21. The van der Waals surface area contributed by atoms with Crippen LogP contribution in [0.3, 0.4) is 0 Å². The number of aromatic nitrogens is 1. The first-order valence-corrected chi connectivity index (χ1v) is 5.26. The fourth-order valence-corrected chi connectivity index (χ4v) is 1.49. The van der Waals surface area contributed by atoms with Crippen LogP contribution in [0.15, 0.2) is 12.3 Å². The number of hydrogen-bond donors (Lipinski definition) is 2. The molecule has 1 aromatic rings. The van der Waals surface area contributed by atoms with Gasteiger partial charge in [-0.2, -0.15) is 0 Å². The van der Waals surface area contributed by atoms with Gasteiger partial charge in [-0.25, -0.2) is 4.98 Å². The largest absolute Gasteiger partial charge is 0.490 e. The summed E-state index contributed by atoms with van der Waals surface area (Å²) in [6.45, 7) is 1.91. The summed E-state index contributed by atoms with van der Waals surface area (Å²) in [6.07, 6.45) is 1.32. The van der Waals surface area contributed by atoms with Crippen LogP contribution in [0.5, 0.6) is 5.88 Å². The van der Waals surface area contributed by atoms with Gasteiger partial charge in [0.2, 0.25) is 5.88 Å². The molecule has 0 amide bonds. The Morgan fingerprint density at radius 1 is 1.56 bits per heavy atom. The lowest BCUT2D eigenvalue weighted by Crippen LogP contribution is -2.33. The smallest absolute Gasteiger partial charge is 0.476 e. The second-order valence-corrected chi connectivity index (χ2v) is 4.05. The molecule has 1 aliphatic heterocycles. The average Bonchev–Trinajstić information content (AvgIpc) is 2.17. The van der Waals surface area contributed by atoms with E-state index in [0.29, 0.717) is 31.6 Å². The van der Waals surface area contributed by atoms with E-state index in [1.54, 1.807) is 0 Å². The van der Waals surface area contributed by atoms with Gasteiger partial charge in [0.25, 0.3) is 0 Å². The zero-order valence-electron chi connectivity index (χ0n) is 8.47. The maximum atomic E-state index is 8.90. The Kier molecular flexibility index (Phi) is 3.65. The maximum absolute atomic E-state index is 8.90. The Labute approximate surface area is 98.1 Å². The molecule has 1 aliphatic rings. The normalized spacial score (nSPS) is 15.7. The van der Waals surface area contributed by atoms with Crippen LogP contribution in [0.4, 0.5) is 0 Å². The number of hydrogen-bond acceptors (Lipinski definition) is 5. The number of pyridine rings is 1. The Morgan fingerprint density at radius 2 is 2.31 bits per heavy atom. The van der Waals surface area contributed by atoms with Gasteiger partial charge in [-0.15, -0.1) is 0 Å². The van der Waals surface area contributed by atoms with Gasteiger partial charge in [-0.05, 0) is 6.07 Å². The zero-order valence-corrected chi connectivity index (χ0v) is 9.22. The summed E-state index contributed by atoms with van der Waals surface area (Å²) in [5.74, 6) is 0.693. The molecule has 5 nitrogen and oxygen atoms in total. The highest BCUT2D eigenvalue weighted by atomic mass is 35.5. The van der Waals surface area contributed by atoms with Crippen molar-refractivity contribution in [2.45, 2.75) is 0 Å². The quantitative estimate of drug-likeness (QED) is 0.694. The van der Waals surface area contributed by atoms with Crippen LogP contribution >= 0.6 is 11.6 Å². The summed E-state index contributed by atoms with van der Waals surface area (Å²) in [5.41, 5.74) is 0.240. The van der Waals surface area contributed by atoms with Crippen molar-refractivity contribution in [2.75, 3.05) is 19.8 Å². The van der Waals surface area contributed by atoms with E-state index in [1.807, 2.05) is 0 Å². The maximum Gasteiger partial charge on any atom is 0.490 e. The van der Waals surface area contributed by atoms with Crippen molar-refractivity contribution in [3.63, 3.8) is 0 Å². The first kappa shape index (κ1) is 11.7. The van der Waals surface area contributed by atoms with Gasteiger partial charge < -0.3 is 19.5 Å². The lowest BCUT2D eigenvalue weighted by Gasteiger charge is -2.25. The molecular formula is C9H11BClNO4. The molecule has 2 heterocycles. The lowest BCUT2D eigenvalue weighted by molar-refractivity contribution is -0.0514. The standard InChI is InChI=1S/C9H11BClNO4/c11-8-1-7(10(13)14)2-12-9(8)16-5-6-3-15-4-6/h1-2,6,13-14H,3-5H2. The number of nitrogens with zero attached hydrogens (tertiary/aromatic N) is 1. The third kappa shape index (κ3) is 2.65. The van der Waals surface area contributed by atoms with Crippen molar-refractivity contribution in [3.8, 4) is 5.88 Å². The summed E-state index contributed by atoms with van der Waals surface area (Å²) in [5, 5.41) is 18.1. The highest BCUT2D eigenvalue weighted by Gasteiger charge is 2.20. The summed E-state index contributed by atoms with van der Waals surface area (Å²) in [7, 11) is -1.57. The van der Waals surface area contributed by atoms with Crippen LogP contribution in [-0.2, 0) is 4.74 Å². The SMILES string of the molecule is OB(O)c1cnc(OCC2COC2)c(Cl)c1. The Balaban J connectivity index is 1.98. The lowest BCUT2D eigenvalue weighted by atomic mass is 9.82. The summed E-state index contributed by atoms with van der Waals surface area (Å²) in [4.78, 5) is 3.91. The minimum atomic E-state index is -1.57. The molecule has 86 valence electrons. The van der Waals surface area contributed by atoms with Crippen molar-refractivity contribution < 1.29 is 19.5 Å². The number of ether oxygens (including phenoxy) is 2. The fourth-order valence-electron chi connectivity index (χ4n) is 1.27. The van der Waals surface area contributed by atoms with Crippen LogP contribution < -0.4 is 10.2 Å². The van der Waals surface area contributed by atoms with Gasteiger partial charge in [0, 0.05) is 17.6 Å². The topological polar surface area (TPSA) is 71.8 Å². The molecule has 0 bridgehead atoms. The van der Waals surface area contributed by atoms with Crippen molar-refractivity contribution >= 4 is 24.2 Å². The molecule has 2 N–H and O–H groups in total. The third-order valence-corrected chi connectivity index (χ3v) is 2.56. The van der Waals surface area contributed by atoms with E-state index < -0.39 is 7.12 Å². The molecule has 7 heteroatoms. The van der Waals surface area contributed by atoms with E-state index in [2.05, 4.69) is 4.98 Å². The Bertz CT molecular complexity index is 373. The molecule has 16 heavy (non-hydrogen) atoms. The predicted molar refractivity (Wildman–Crippen MR) is 58.9 cm³/mol.